The predicted octanol–water partition coefficient (Wildman–Crippen LogP) is 5.54. The molecule has 0 unspecified atom stereocenters. The lowest BCUT2D eigenvalue weighted by Crippen LogP contribution is -2.23. The van der Waals surface area contributed by atoms with Gasteiger partial charge in [-0.15, -0.1) is 21.5 Å². The Morgan fingerprint density at radius 1 is 1.06 bits per heavy atom. The van der Waals surface area contributed by atoms with E-state index in [9.17, 15) is 4.79 Å². The molecule has 0 bridgehead atoms. The maximum Gasteiger partial charge on any atom is 0.273 e. The van der Waals surface area contributed by atoms with Crippen molar-refractivity contribution in [1.82, 2.24) is 19.2 Å². The second kappa shape index (κ2) is 9.41. The first kappa shape index (κ1) is 21.7. The second-order valence-corrected chi connectivity index (χ2v) is 9.71. The first-order valence-electron chi connectivity index (χ1n) is 10.9. The van der Waals surface area contributed by atoms with Crippen molar-refractivity contribution in [2.24, 2.45) is 0 Å². The van der Waals surface area contributed by atoms with Crippen LogP contribution in [0, 0.1) is 6.92 Å². The van der Waals surface area contributed by atoms with Crippen molar-refractivity contribution in [2.75, 3.05) is 6.61 Å². The molecular formula is C25H24N4O2S2. The van der Waals surface area contributed by atoms with Gasteiger partial charge in [0.2, 0.25) is 5.78 Å². The molecule has 0 saturated carbocycles. The minimum Gasteiger partial charge on any atom is -0.494 e. The second-order valence-electron chi connectivity index (χ2n) is 7.85. The van der Waals surface area contributed by atoms with Crippen LogP contribution in [0.5, 0.6) is 5.75 Å². The molecule has 0 spiro atoms. The molecule has 0 N–H and O–H groups in total. The van der Waals surface area contributed by atoms with Crippen molar-refractivity contribution in [3.8, 4) is 5.75 Å². The highest BCUT2D eigenvalue weighted by atomic mass is 32.2. The third-order valence-electron chi connectivity index (χ3n) is 5.54. The summed E-state index contributed by atoms with van der Waals surface area (Å²) in [7, 11) is 0. The Morgan fingerprint density at radius 3 is 2.67 bits per heavy atom. The molecule has 0 radical (unpaired) electrons. The van der Waals surface area contributed by atoms with E-state index in [0.29, 0.717) is 23.6 Å². The molecule has 0 amide bonds. The number of fused-ring (bicyclic) bond motifs is 3. The van der Waals surface area contributed by atoms with Crippen LogP contribution in [0.4, 0.5) is 0 Å². The van der Waals surface area contributed by atoms with Gasteiger partial charge in [0.05, 0.1) is 18.7 Å². The number of nitrogens with zero attached hydrogens (tertiary/aromatic N) is 4. The average Bonchev–Trinajstić information content (AvgIpc) is 3.48. The fraction of sp³-hybridized carbons (Fsp3) is 0.240. The Labute approximate surface area is 199 Å². The molecule has 0 saturated heterocycles. The van der Waals surface area contributed by atoms with E-state index in [4.69, 9.17) is 4.74 Å². The van der Waals surface area contributed by atoms with Crippen molar-refractivity contribution in [1.29, 1.82) is 0 Å². The molecule has 33 heavy (non-hydrogen) atoms. The number of aromatic nitrogens is 4. The molecule has 0 aliphatic heterocycles. The van der Waals surface area contributed by atoms with Crippen molar-refractivity contribution in [2.45, 2.75) is 37.7 Å². The lowest BCUT2D eigenvalue weighted by Gasteiger charge is -2.11. The fourth-order valence-electron chi connectivity index (χ4n) is 3.74. The normalized spacial score (nSPS) is 11.5. The van der Waals surface area contributed by atoms with Gasteiger partial charge in [0.25, 0.3) is 5.56 Å². The SMILES string of the molecule is CCCOc1ccc(Cn2c(=O)c3sccc3n3c(SCc4ccccc4C)nnc23)cc1. The molecular weight excluding hydrogens is 452 g/mol. The molecule has 0 atom stereocenters. The molecule has 2 aromatic carbocycles. The maximum absolute atomic E-state index is 13.3. The lowest BCUT2D eigenvalue weighted by atomic mass is 10.1. The van der Waals surface area contributed by atoms with Crippen LogP contribution < -0.4 is 10.3 Å². The first-order valence-corrected chi connectivity index (χ1v) is 12.8. The van der Waals surface area contributed by atoms with Gasteiger partial charge in [0.1, 0.15) is 10.4 Å². The van der Waals surface area contributed by atoms with Crippen molar-refractivity contribution in [3.05, 3.63) is 87.0 Å². The van der Waals surface area contributed by atoms with Gasteiger partial charge < -0.3 is 4.74 Å². The van der Waals surface area contributed by atoms with Crippen LogP contribution in [0.25, 0.3) is 16.0 Å². The largest absolute Gasteiger partial charge is 0.494 e. The zero-order valence-electron chi connectivity index (χ0n) is 18.5. The summed E-state index contributed by atoms with van der Waals surface area (Å²) in [5.41, 5.74) is 4.34. The highest BCUT2D eigenvalue weighted by Crippen LogP contribution is 2.27. The molecule has 6 nitrogen and oxygen atoms in total. The van der Waals surface area contributed by atoms with E-state index in [-0.39, 0.29) is 5.56 Å². The van der Waals surface area contributed by atoms with Crippen molar-refractivity contribution >= 4 is 39.1 Å². The zero-order valence-corrected chi connectivity index (χ0v) is 20.2. The van der Waals surface area contributed by atoms with E-state index >= 15 is 0 Å². The number of aryl methyl sites for hydroxylation is 1. The summed E-state index contributed by atoms with van der Waals surface area (Å²) in [6.07, 6.45) is 0.965. The molecule has 3 heterocycles. The van der Waals surface area contributed by atoms with Gasteiger partial charge in [-0.2, -0.15) is 0 Å². The maximum atomic E-state index is 13.3. The third kappa shape index (κ3) is 4.28. The van der Waals surface area contributed by atoms with Gasteiger partial charge in [-0.3, -0.25) is 13.8 Å². The molecule has 0 fully saturated rings. The molecule has 0 aliphatic rings. The molecule has 0 aliphatic carbocycles. The molecule has 5 rings (SSSR count). The van der Waals surface area contributed by atoms with Crippen LogP contribution >= 0.6 is 23.1 Å². The fourth-order valence-corrected chi connectivity index (χ4v) is 5.58. The molecule has 5 aromatic rings. The monoisotopic (exact) mass is 476 g/mol. The van der Waals surface area contributed by atoms with E-state index in [0.717, 1.165) is 34.2 Å². The minimum absolute atomic E-state index is 0.0401. The van der Waals surface area contributed by atoms with Crippen LogP contribution in [0.1, 0.15) is 30.0 Å². The summed E-state index contributed by atoms with van der Waals surface area (Å²) in [4.78, 5) is 13.3. The number of benzene rings is 2. The van der Waals surface area contributed by atoms with Gasteiger partial charge in [0, 0.05) is 5.75 Å². The Balaban J connectivity index is 1.52. The van der Waals surface area contributed by atoms with Crippen LogP contribution in [-0.4, -0.2) is 25.8 Å². The summed E-state index contributed by atoms with van der Waals surface area (Å²) >= 11 is 3.09. The molecule has 8 heteroatoms. The smallest absolute Gasteiger partial charge is 0.273 e. The van der Waals surface area contributed by atoms with Gasteiger partial charge in [-0.25, -0.2) is 0 Å². The van der Waals surface area contributed by atoms with Crippen molar-refractivity contribution in [3.63, 3.8) is 0 Å². The van der Waals surface area contributed by atoms with Gasteiger partial charge in [-0.05, 0) is 53.6 Å². The third-order valence-corrected chi connectivity index (χ3v) is 7.41. The Morgan fingerprint density at radius 2 is 1.88 bits per heavy atom. The minimum atomic E-state index is -0.0401. The van der Waals surface area contributed by atoms with E-state index in [1.54, 1.807) is 16.3 Å². The van der Waals surface area contributed by atoms with Crippen LogP contribution in [-0.2, 0) is 12.3 Å². The van der Waals surface area contributed by atoms with Gasteiger partial charge in [0.15, 0.2) is 5.16 Å². The van der Waals surface area contributed by atoms with Crippen molar-refractivity contribution < 1.29 is 4.74 Å². The van der Waals surface area contributed by atoms with Crippen LogP contribution in [0.15, 0.2) is 69.9 Å². The number of rotatable bonds is 8. The Hall–Kier alpha value is -3.10. The standard InChI is InChI=1S/C25H24N4O2S2/c1-3-13-31-20-10-8-18(9-11-20)15-28-23(30)22-21(12-14-32-22)29-24(28)26-27-25(29)33-16-19-7-5-4-6-17(19)2/h4-12,14H,3,13,15-16H2,1-2H3. The highest BCUT2D eigenvalue weighted by molar-refractivity contribution is 7.98. The first-order chi connectivity index (χ1) is 16.2. The Bertz CT molecular complexity index is 1470. The number of ether oxygens (including phenoxy) is 1. The van der Waals surface area contributed by atoms with E-state index in [1.807, 2.05) is 46.2 Å². The summed E-state index contributed by atoms with van der Waals surface area (Å²) in [5, 5.41) is 11.6. The average molecular weight is 477 g/mol. The summed E-state index contributed by atoms with van der Waals surface area (Å²) in [5.74, 6) is 2.19. The summed E-state index contributed by atoms with van der Waals surface area (Å²) in [6.45, 7) is 5.31. The van der Waals surface area contributed by atoms with Gasteiger partial charge >= 0.3 is 0 Å². The highest BCUT2D eigenvalue weighted by Gasteiger charge is 2.18. The van der Waals surface area contributed by atoms with E-state index in [1.165, 1.54) is 22.5 Å². The van der Waals surface area contributed by atoms with Crippen LogP contribution in [0.2, 0.25) is 0 Å². The van der Waals surface area contributed by atoms with Gasteiger partial charge in [-0.1, -0.05) is 55.1 Å². The molecule has 168 valence electrons. The zero-order chi connectivity index (χ0) is 22.8. The quantitative estimate of drug-likeness (QED) is 0.275. The van der Waals surface area contributed by atoms with E-state index < -0.39 is 0 Å². The topological polar surface area (TPSA) is 61.4 Å². The van der Waals surface area contributed by atoms with E-state index in [2.05, 4.69) is 42.2 Å². The number of hydrogen-bond donors (Lipinski definition) is 0. The summed E-state index contributed by atoms with van der Waals surface area (Å²) in [6, 6.07) is 18.2. The van der Waals surface area contributed by atoms with Crippen LogP contribution in [0.3, 0.4) is 0 Å². The number of thiophene rings is 1. The Kier molecular flexibility index (Phi) is 6.20. The molecule has 3 aromatic heterocycles. The summed E-state index contributed by atoms with van der Waals surface area (Å²) < 4.78 is 10.1. The lowest BCUT2D eigenvalue weighted by molar-refractivity contribution is 0.317. The predicted molar refractivity (Wildman–Crippen MR) is 135 cm³/mol. The number of hydrogen-bond acceptors (Lipinski definition) is 6. The number of thioether (sulfide) groups is 1.